The number of thiazole rings is 1. The second kappa shape index (κ2) is 7.57. The van der Waals surface area contributed by atoms with Crippen molar-refractivity contribution < 1.29 is 13.9 Å². The van der Waals surface area contributed by atoms with Crippen LogP contribution in [-0.4, -0.2) is 33.0 Å². The number of carbonyl (C=O) groups excluding carboxylic acids is 1. The molecular formula is C19H14FN5O2S. The summed E-state index contributed by atoms with van der Waals surface area (Å²) in [6.07, 6.45) is 1.38. The number of methoxy groups -OCH3 is 1. The van der Waals surface area contributed by atoms with E-state index in [1.54, 1.807) is 11.4 Å². The van der Waals surface area contributed by atoms with Gasteiger partial charge in [0.1, 0.15) is 0 Å². The van der Waals surface area contributed by atoms with E-state index < -0.39 is 11.7 Å². The van der Waals surface area contributed by atoms with Crippen LogP contribution in [0.3, 0.4) is 0 Å². The number of hydrogen-bond donors (Lipinski definition) is 1. The van der Waals surface area contributed by atoms with E-state index in [9.17, 15) is 9.18 Å². The van der Waals surface area contributed by atoms with Crippen molar-refractivity contribution >= 4 is 22.4 Å². The van der Waals surface area contributed by atoms with Crippen molar-refractivity contribution in [3.05, 3.63) is 71.6 Å². The van der Waals surface area contributed by atoms with E-state index in [0.29, 0.717) is 16.4 Å². The van der Waals surface area contributed by atoms with Crippen LogP contribution in [0.5, 0.6) is 5.75 Å². The van der Waals surface area contributed by atoms with Crippen molar-refractivity contribution in [3.63, 3.8) is 0 Å². The van der Waals surface area contributed by atoms with Gasteiger partial charge in [0.05, 0.1) is 24.7 Å². The van der Waals surface area contributed by atoms with Crippen LogP contribution in [0.2, 0.25) is 0 Å². The number of benzene rings is 2. The molecule has 0 aliphatic rings. The highest BCUT2D eigenvalue weighted by atomic mass is 32.1. The highest BCUT2D eigenvalue weighted by Gasteiger charge is 2.15. The summed E-state index contributed by atoms with van der Waals surface area (Å²) < 4.78 is 18.8. The summed E-state index contributed by atoms with van der Waals surface area (Å²) in [5.74, 6) is -0.742. The molecule has 1 amide bonds. The Labute approximate surface area is 163 Å². The molecule has 0 saturated heterocycles. The number of halogens is 1. The van der Waals surface area contributed by atoms with Crippen LogP contribution in [0, 0.1) is 5.82 Å². The topological polar surface area (TPSA) is 81.9 Å². The number of rotatable bonds is 5. The van der Waals surface area contributed by atoms with Crippen LogP contribution in [0.4, 0.5) is 9.52 Å². The Morgan fingerprint density at radius 1 is 1.21 bits per heavy atom. The summed E-state index contributed by atoms with van der Waals surface area (Å²) in [7, 11) is 1.41. The zero-order chi connectivity index (χ0) is 19.5. The lowest BCUT2D eigenvalue weighted by atomic mass is 10.1. The van der Waals surface area contributed by atoms with Gasteiger partial charge in [-0.1, -0.05) is 18.2 Å². The van der Waals surface area contributed by atoms with Crippen molar-refractivity contribution in [2.75, 3.05) is 12.4 Å². The maximum absolute atomic E-state index is 13.9. The normalized spacial score (nSPS) is 10.6. The Morgan fingerprint density at radius 3 is 2.79 bits per heavy atom. The van der Waals surface area contributed by atoms with Gasteiger partial charge in [0.25, 0.3) is 5.91 Å². The Balaban J connectivity index is 1.49. The maximum Gasteiger partial charge on any atom is 0.279 e. The smallest absolute Gasteiger partial charge is 0.279 e. The number of anilines is 1. The molecule has 0 radical (unpaired) electrons. The van der Waals surface area contributed by atoms with Crippen LogP contribution < -0.4 is 10.1 Å². The summed E-state index contributed by atoms with van der Waals surface area (Å²) in [6, 6.07) is 13.8. The van der Waals surface area contributed by atoms with Gasteiger partial charge in [0.15, 0.2) is 22.4 Å². The molecule has 7 nitrogen and oxygen atoms in total. The average molecular weight is 395 g/mol. The number of aromatic nitrogens is 4. The summed E-state index contributed by atoms with van der Waals surface area (Å²) in [5.41, 5.74) is 2.05. The summed E-state index contributed by atoms with van der Waals surface area (Å²) >= 11 is 1.23. The number of carbonyl (C=O) groups is 1. The second-order valence-corrected chi connectivity index (χ2v) is 6.55. The molecule has 0 spiro atoms. The van der Waals surface area contributed by atoms with E-state index in [1.165, 1.54) is 41.6 Å². The van der Waals surface area contributed by atoms with Gasteiger partial charge in [-0.25, -0.2) is 9.37 Å². The summed E-state index contributed by atoms with van der Waals surface area (Å²) in [4.78, 5) is 18.1. The Kier molecular flexibility index (Phi) is 4.81. The molecule has 0 fully saturated rings. The number of para-hydroxylation sites is 1. The first-order valence-corrected chi connectivity index (χ1v) is 9.10. The maximum atomic E-state index is 13.9. The predicted molar refractivity (Wildman–Crippen MR) is 103 cm³/mol. The molecule has 1 N–H and O–H groups in total. The molecule has 4 aromatic rings. The first-order valence-electron chi connectivity index (χ1n) is 8.22. The molecule has 0 aliphatic heterocycles. The van der Waals surface area contributed by atoms with Gasteiger partial charge in [-0.15, -0.1) is 16.4 Å². The Hall–Kier alpha value is -3.59. The van der Waals surface area contributed by atoms with Gasteiger partial charge in [-0.2, -0.15) is 9.90 Å². The van der Waals surface area contributed by atoms with E-state index in [2.05, 4.69) is 20.5 Å². The lowest BCUT2D eigenvalue weighted by molar-refractivity contribution is 0.102. The molecule has 140 valence electrons. The third-order valence-electron chi connectivity index (χ3n) is 3.88. The molecule has 0 saturated carbocycles. The number of hydrogen-bond acceptors (Lipinski definition) is 6. The van der Waals surface area contributed by atoms with Crippen molar-refractivity contribution in [2.45, 2.75) is 0 Å². The van der Waals surface area contributed by atoms with Gasteiger partial charge in [0.2, 0.25) is 0 Å². The van der Waals surface area contributed by atoms with Crippen LogP contribution in [0.15, 0.2) is 60.1 Å². The predicted octanol–water partition coefficient (Wildman–Crippen LogP) is 3.79. The molecule has 4 rings (SSSR count). The largest absolute Gasteiger partial charge is 0.494 e. The molecule has 0 bridgehead atoms. The zero-order valence-electron chi connectivity index (χ0n) is 14.7. The fourth-order valence-electron chi connectivity index (χ4n) is 2.50. The summed E-state index contributed by atoms with van der Waals surface area (Å²) in [5, 5.41) is 13.1. The van der Waals surface area contributed by atoms with Crippen LogP contribution in [0.25, 0.3) is 16.9 Å². The molecule has 0 atom stereocenters. The molecule has 2 aromatic heterocycles. The van der Waals surface area contributed by atoms with Gasteiger partial charge < -0.3 is 4.74 Å². The SMILES string of the molecule is COc1ccc(-c2csc(NC(=O)c3cnn(-c4ccccc4)n3)n2)cc1F. The van der Waals surface area contributed by atoms with Gasteiger partial charge in [0, 0.05) is 10.9 Å². The molecule has 2 heterocycles. The van der Waals surface area contributed by atoms with Crippen LogP contribution >= 0.6 is 11.3 Å². The van der Waals surface area contributed by atoms with E-state index in [-0.39, 0.29) is 11.4 Å². The third kappa shape index (κ3) is 3.60. The van der Waals surface area contributed by atoms with Crippen LogP contribution in [0.1, 0.15) is 10.5 Å². The second-order valence-electron chi connectivity index (χ2n) is 5.70. The first kappa shape index (κ1) is 17.8. The molecule has 0 unspecified atom stereocenters. The quantitative estimate of drug-likeness (QED) is 0.556. The molecule has 28 heavy (non-hydrogen) atoms. The molecular weight excluding hydrogens is 381 g/mol. The zero-order valence-corrected chi connectivity index (χ0v) is 15.5. The molecule has 0 aliphatic carbocycles. The monoisotopic (exact) mass is 395 g/mol. The highest BCUT2D eigenvalue weighted by molar-refractivity contribution is 7.14. The van der Waals surface area contributed by atoms with Gasteiger partial charge in [-0.05, 0) is 30.3 Å². The van der Waals surface area contributed by atoms with Gasteiger partial charge in [-0.3, -0.25) is 10.1 Å². The number of nitrogens with zero attached hydrogens (tertiary/aromatic N) is 4. The van der Waals surface area contributed by atoms with Crippen molar-refractivity contribution in [2.24, 2.45) is 0 Å². The van der Waals surface area contributed by atoms with E-state index in [4.69, 9.17) is 4.74 Å². The molecule has 2 aromatic carbocycles. The fourth-order valence-corrected chi connectivity index (χ4v) is 3.22. The minimum atomic E-state index is -0.476. The lowest BCUT2D eigenvalue weighted by Crippen LogP contribution is -2.13. The number of ether oxygens (including phenoxy) is 1. The van der Waals surface area contributed by atoms with E-state index in [0.717, 1.165) is 5.69 Å². The Morgan fingerprint density at radius 2 is 2.04 bits per heavy atom. The third-order valence-corrected chi connectivity index (χ3v) is 4.64. The fraction of sp³-hybridized carbons (Fsp3) is 0.0526. The minimum Gasteiger partial charge on any atom is -0.494 e. The Bertz CT molecular complexity index is 1130. The van der Waals surface area contributed by atoms with E-state index >= 15 is 0 Å². The average Bonchev–Trinajstić information content (AvgIpc) is 3.38. The molecule has 9 heteroatoms. The van der Waals surface area contributed by atoms with Gasteiger partial charge >= 0.3 is 0 Å². The van der Waals surface area contributed by atoms with Crippen LogP contribution in [-0.2, 0) is 0 Å². The number of nitrogens with one attached hydrogen (secondary N) is 1. The highest BCUT2D eigenvalue weighted by Crippen LogP contribution is 2.28. The number of amides is 1. The van der Waals surface area contributed by atoms with E-state index in [1.807, 2.05) is 30.3 Å². The standard InChI is InChI=1S/C19H14FN5O2S/c1-27-17-8-7-12(9-14(17)20)16-11-28-19(22-16)23-18(26)15-10-21-25(24-15)13-5-3-2-4-6-13/h2-11H,1H3,(H,22,23,26). The lowest BCUT2D eigenvalue weighted by Gasteiger charge is -2.03. The van der Waals surface area contributed by atoms with Crippen molar-refractivity contribution in [1.29, 1.82) is 0 Å². The van der Waals surface area contributed by atoms with Crippen molar-refractivity contribution in [3.8, 4) is 22.7 Å². The minimum absolute atomic E-state index is 0.161. The first-order chi connectivity index (χ1) is 13.6. The van der Waals surface area contributed by atoms with Crippen molar-refractivity contribution in [1.82, 2.24) is 20.0 Å². The summed E-state index contributed by atoms with van der Waals surface area (Å²) in [6.45, 7) is 0.